The second-order valence-electron chi connectivity index (χ2n) is 4.50. The molecule has 7 heteroatoms. The second kappa shape index (κ2) is 6.46. The number of rotatable bonds is 5. The molecule has 0 spiro atoms. The van der Waals surface area contributed by atoms with Crippen molar-refractivity contribution >= 4 is 31.6 Å². The summed E-state index contributed by atoms with van der Waals surface area (Å²) in [6.45, 7) is 0.267. The van der Waals surface area contributed by atoms with Crippen molar-refractivity contribution < 1.29 is 13.5 Å². The lowest BCUT2D eigenvalue weighted by Crippen LogP contribution is -2.26. The molecule has 0 saturated heterocycles. The Kier molecular flexibility index (Phi) is 4.87. The number of halogens is 1. The van der Waals surface area contributed by atoms with Gasteiger partial charge in [0.2, 0.25) is 10.0 Å². The van der Waals surface area contributed by atoms with Crippen molar-refractivity contribution in [3.63, 3.8) is 0 Å². The molecular formula is C14H15BrN2O3S. The monoisotopic (exact) mass is 370 g/mol. The molecule has 21 heavy (non-hydrogen) atoms. The first kappa shape index (κ1) is 15.8. The lowest BCUT2D eigenvalue weighted by atomic mass is 10.1. The number of phenolic OH excluding ortho intramolecular Hbond substituents is 1. The fraction of sp³-hybridized carbons (Fsp3) is 0.143. The van der Waals surface area contributed by atoms with Crippen LogP contribution < -0.4 is 10.5 Å². The van der Waals surface area contributed by atoms with Gasteiger partial charge in [-0.3, -0.25) is 0 Å². The zero-order valence-corrected chi connectivity index (χ0v) is 13.5. The summed E-state index contributed by atoms with van der Waals surface area (Å²) in [6.07, 6.45) is 0.533. The van der Waals surface area contributed by atoms with Crippen molar-refractivity contribution in [3.8, 4) is 5.75 Å². The van der Waals surface area contributed by atoms with Crippen molar-refractivity contribution in [2.45, 2.75) is 11.3 Å². The summed E-state index contributed by atoms with van der Waals surface area (Å²) in [6, 6.07) is 11.1. The van der Waals surface area contributed by atoms with E-state index < -0.39 is 10.0 Å². The van der Waals surface area contributed by atoms with E-state index in [1.54, 1.807) is 30.3 Å². The molecule has 0 amide bonds. The Bertz CT molecular complexity index is 730. The third-order valence-electron chi connectivity index (χ3n) is 2.92. The molecular weight excluding hydrogens is 356 g/mol. The molecule has 2 aromatic carbocycles. The lowest BCUT2D eigenvalue weighted by molar-refractivity contribution is 0.475. The molecule has 0 radical (unpaired) electrons. The highest BCUT2D eigenvalue weighted by molar-refractivity contribution is 9.10. The van der Waals surface area contributed by atoms with Gasteiger partial charge in [-0.25, -0.2) is 13.1 Å². The Balaban J connectivity index is 2.01. The number of hydrogen-bond donors (Lipinski definition) is 3. The van der Waals surface area contributed by atoms with Crippen LogP contribution in [0.5, 0.6) is 5.75 Å². The Morgan fingerprint density at radius 3 is 2.43 bits per heavy atom. The highest BCUT2D eigenvalue weighted by Crippen LogP contribution is 2.22. The molecule has 0 bridgehead atoms. The van der Waals surface area contributed by atoms with Crippen LogP contribution in [0.25, 0.3) is 0 Å². The fourth-order valence-corrected chi connectivity index (χ4v) is 3.08. The minimum absolute atomic E-state index is 0.133. The predicted molar refractivity (Wildman–Crippen MR) is 85.6 cm³/mol. The molecule has 0 heterocycles. The van der Waals surface area contributed by atoms with E-state index in [0.717, 1.165) is 5.56 Å². The van der Waals surface area contributed by atoms with Gasteiger partial charge < -0.3 is 10.8 Å². The molecule has 0 saturated carbocycles. The Labute approximate surface area is 132 Å². The fourth-order valence-electron chi connectivity index (χ4n) is 1.76. The quantitative estimate of drug-likeness (QED) is 0.703. The summed E-state index contributed by atoms with van der Waals surface area (Å²) in [7, 11) is -3.58. The van der Waals surface area contributed by atoms with Gasteiger partial charge in [-0.2, -0.15) is 0 Å². The maximum absolute atomic E-state index is 12.1. The molecule has 0 aliphatic rings. The summed E-state index contributed by atoms with van der Waals surface area (Å²) >= 11 is 3.22. The van der Waals surface area contributed by atoms with Gasteiger partial charge in [0.1, 0.15) is 5.75 Å². The highest BCUT2D eigenvalue weighted by atomic mass is 79.9. The molecule has 112 valence electrons. The van der Waals surface area contributed by atoms with Crippen molar-refractivity contribution in [1.29, 1.82) is 0 Å². The maximum atomic E-state index is 12.1. The van der Waals surface area contributed by atoms with Crippen LogP contribution in [-0.2, 0) is 16.4 Å². The van der Waals surface area contributed by atoms with E-state index in [-0.39, 0.29) is 17.2 Å². The number of nitrogens with two attached hydrogens (primary N) is 1. The first-order valence-corrected chi connectivity index (χ1v) is 8.49. The smallest absolute Gasteiger partial charge is 0.240 e. The average Bonchev–Trinajstić information content (AvgIpc) is 2.44. The van der Waals surface area contributed by atoms with E-state index in [4.69, 9.17) is 5.73 Å². The van der Waals surface area contributed by atoms with E-state index in [0.29, 0.717) is 16.6 Å². The number of aromatic hydroxyl groups is 1. The van der Waals surface area contributed by atoms with Crippen LogP contribution in [0.4, 0.5) is 5.69 Å². The minimum Gasteiger partial charge on any atom is -0.508 e. The number of nitrogen functional groups attached to an aromatic ring is 1. The average molecular weight is 371 g/mol. The number of phenols is 1. The van der Waals surface area contributed by atoms with Crippen LogP contribution in [0.2, 0.25) is 0 Å². The molecule has 4 N–H and O–H groups in total. The largest absolute Gasteiger partial charge is 0.508 e. The van der Waals surface area contributed by atoms with Crippen molar-refractivity contribution in [3.05, 3.63) is 52.5 Å². The number of anilines is 1. The van der Waals surface area contributed by atoms with Gasteiger partial charge in [-0.15, -0.1) is 0 Å². The van der Waals surface area contributed by atoms with E-state index in [9.17, 15) is 13.5 Å². The topological polar surface area (TPSA) is 92.4 Å². The van der Waals surface area contributed by atoms with Gasteiger partial charge in [0.25, 0.3) is 0 Å². The predicted octanol–water partition coefficient (Wildman–Crippen LogP) is 2.26. The van der Waals surface area contributed by atoms with E-state index in [1.165, 1.54) is 12.1 Å². The zero-order chi connectivity index (χ0) is 15.5. The van der Waals surface area contributed by atoms with E-state index >= 15 is 0 Å². The summed E-state index contributed by atoms with van der Waals surface area (Å²) < 4.78 is 27.4. The second-order valence-corrected chi connectivity index (χ2v) is 7.12. The summed E-state index contributed by atoms with van der Waals surface area (Å²) in [5.41, 5.74) is 7.00. The molecule has 0 aliphatic heterocycles. The van der Waals surface area contributed by atoms with Crippen LogP contribution in [-0.4, -0.2) is 20.1 Å². The van der Waals surface area contributed by atoms with Gasteiger partial charge in [0.15, 0.2) is 0 Å². The van der Waals surface area contributed by atoms with Crippen LogP contribution in [0.1, 0.15) is 5.56 Å². The number of nitrogens with one attached hydrogen (secondary N) is 1. The van der Waals surface area contributed by atoms with Crippen molar-refractivity contribution in [1.82, 2.24) is 4.72 Å². The van der Waals surface area contributed by atoms with E-state index in [2.05, 4.69) is 20.7 Å². The molecule has 2 aromatic rings. The third kappa shape index (κ3) is 4.20. The SMILES string of the molecule is Nc1cc(S(=O)(=O)NCCc2ccc(O)cc2)ccc1Br. The number of sulfonamides is 1. The Hall–Kier alpha value is -1.57. The standard InChI is InChI=1S/C14H15BrN2O3S/c15-13-6-5-12(9-14(13)16)21(19,20)17-8-7-10-1-3-11(18)4-2-10/h1-6,9,17-18H,7-8,16H2. The van der Waals surface area contributed by atoms with Crippen molar-refractivity contribution in [2.24, 2.45) is 0 Å². The molecule has 0 aliphatic carbocycles. The van der Waals surface area contributed by atoms with Gasteiger partial charge in [-0.05, 0) is 58.2 Å². The summed E-state index contributed by atoms with van der Waals surface area (Å²) in [4.78, 5) is 0.133. The third-order valence-corrected chi connectivity index (χ3v) is 5.10. The van der Waals surface area contributed by atoms with Gasteiger partial charge in [-0.1, -0.05) is 12.1 Å². The number of benzene rings is 2. The van der Waals surface area contributed by atoms with Crippen LogP contribution >= 0.6 is 15.9 Å². The molecule has 5 nitrogen and oxygen atoms in total. The molecule has 2 rings (SSSR count). The highest BCUT2D eigenvalue weighted by Gasteiger charge is 2.14. The van der Waals surface area contributed by atoms with Crippen molar-refractivity contribution in [2.75, 3.05) is 12.3 Å². The molecule has 0 atom stereocenters. The van der Waals surface area contributed by atoms with Crippen LogP contribution in [0.3, 0.4) is 0 Å². The van der Waals surface area contributed by atoms with Gasteiger partial charge in [0, 0.05) is 16.7 Å². The first-order chi connectivity index (χ1) is 9.88. The van der Waals surface area contributed by atoms with Crippen LogP contribution in [0, 0.1) is 0 Å². The van der Waals surface area contributed by atoms with Gasteiger partial charge >= 0.3 is 0 Å². The molecule has 0 aromatic heterocycles. The molecule has 0 fully saturated rings. The van der Waals surface area contributed by atoms with E-state index in [1.807, 2.05) is 0 Å². The normalized spacial score (nSPS) is 11.5. The minimum atomic E-state index is -3.58. The lowest BCUT2D eigenvalue weighted by Gasteiger charge is -2.08. The zero-order valence-electron chi connectivity index (χ0n) is 11.1. The van der Waals surface area contributed by atoms with Crippen LogP contribution in [0.15, 0.2) is 51.8 Å². The Morgan fingerprint density at radius 2 is 1.81 bits per heavy atom. The van der Waals surface area contributed by atoms with Gasteiger partial charge in [0.05, 0.1) is 4.90 Å². The summed E-state index contributed by atoms with van der Waals surface area (Å²) in [5.74, 6) is 0.185. The first-order valence-electron chi connectivity index (χ1n) is 6.21. The Morgan fingerprint density at radius 1 is 1.14 bits per heavy atom. The maximum Gasteiger partial charge on any atom is 0.240 e. The molecule has 0 unspecified atom stereocenters. The number of hydrogen-bond acceptors (Lipinski definition) is 4. The summed E-state index contributed by atoms with van der Waals surface area (Å²) in [5, 5.41) is 9.18.